The van der Waals surface area contributed by atoms with Crippen LogP contribution < -0.4 is 10.6 Å². The molecule has 1 aliphatic carbocycles. The molecule has 1 saturated carbocycles. The number of rotatable bonds is 5. The Balaban J connectivity index is 1.29. The third kappa shape index (κ3) is 4.27. The average Bonchev–Trinajstić information content (AvgIpc) is 3.28. The van der Waals surface area contributed by atoms with Gasteiger partial charge in [0.05, 0.1) is 23.7 Å². The summed E-state index contributed by atoms with van der Waals surface area (Å²) in [6.07, 6.45) is 12.5. The number of ether oxygens (including phenoxy) is 1. The van der Waals surface area contributed by atoms with Crippen molar-refractivity contribution in [2.75, 3.05) is 26.0 Å². The summed E-state index contributed by atoms with van der Waals surface area (Å²) in [6, 6.07) is 0.549. The van der Waals surface area contributed by atoms with Crippen LogP contribution in [0, 0.1) is 5.92 Å². The second kappa shape index (κ2) is 8.03. The standard InChI is InChI=1S/C19H35N3O3S/c1-26(23,24)17-7-5-15(6-8-17)22-11-10-14-4-9-18(21-19(14)22)20-13-16-3-2-12-25-16/h14-21H,2-13H2,1H3. The monoisotopic (exact) mass is 385 g/mol. The maximum atomic E-state index is 11.8. The lowest BCUT2D eigenvalue weighted by Crippen LogP contribution is -2.60. The Morgan fingerprint density at radius 2 is 1.88 bits per heavy atom. The molecule has 3 aliphatic heterocycles. The molecule has 0 aromatic carbocycles. The molecule has 0 bridgehead atoms. The molecule has 0 aromatic rings. The van der Waals surface area contributed by atoms with Gasteiger partial charge in [-0.15, -0.1) is 0 Å². The van der Waals surface area contributed by atoms with E-state index in [-0.39, 0.29) is 5.25 Å². The van der Waals surface area contributed by atoms with Crippen LogP contribution in [0.2, 0.25) is 0 Å². The molecule has 2 N–H and O–H groups in total. The average molecular weight is 386 g/mol. The van der Waals surface area contributed by atoms with E-state index in [4.69, 9.17) is 4.74 Å². The third-order valence-corrected chi connectivity index (χ3v) is 8.78. The van der Waals surface area contributed by atoms with Gasteiger partial charge < -0.3 is 4.74 Å². The number of fused-ring (bicyclic) bond motifs is 1. The van der Waals surface area contributed by atoms with Crippen molar-refractivity contribution in [1.82, 2.24) is 15.5 Å². The first-order valence-corrected chi connectivity index (χ1v) is 12.5. The maximum absolute atomic E-state index is 11.8. The largest absolute Gasteiger partial charge is 0.377 e. The topological polar surface area (TPSA) is 70.7 Å². The van der Waals surface area contributed by atoms with E-state index in [9.17, 15) is 8.42 Å². The zero-order chi connectivity index (χ0) is 18.1. The Morgan fingerprint density at radius 1 is 1.08 bits per heavy atom. The summed E-state index contributed by atoms with van der Waals surface area (Å²) >= 11 is 0. The molecular weight excluding hydrogens is 350 g/mol. The van der Waals surface area contributed by atoms with Gasteiger partial charge >= 0.3 is 0 Å². The van der Waals surface area contributed by atoms with E-state index in [1.54, 1.807) is 0 Å². The molecule has 7 heteroatoms. The lowest BCUT2D eigenvalue weighted by Gasteiger charge is -2.43. The van der Waals surface area contributed by atoms with E-state index in [2.05, 4.69) is 15.5 Å². The van der Waals surface area contributed by atoms with Gasteiger partial charge in [0.25, 0.3) is 0 Å². The molecule has 4 aliphatic rings. The Morgan fingerprint density at radius 3 is 2.58 bits per heavy atom. The van der Waals surface area contributed by atoms with Gasteiger partial charge in [-0.05, 0) is 63.7 Å². The smallest absolute Gasteiger partial charge is 0.150 e. The van der Waals surface area contributed by atoms with Crippen LogP contribution in [0.4, 0.5) is 0 Å². The van der Waals surface area contributed by atoms with Crippen LogP contribution in [0.3, 0.4) is 0 Å². The second-order valence-corrected chi connectivity index (χ2v) is 11.2. The fourth-order valence-corrected chi connectivity index (χ4v) is 6.67. The number of sulfone groups is 1. The van der Waals surface area contributed by atoms with Gasteiger partial charge in [0.1, 0.15) is 9.84 Å². The van der Waals surface area contributed by atoms with Gasteiger partial charge in [-0.25, -0.2) is 8.42 Å². The highest BCUT2D eigenvalue weighted by Gasteiger charge is 2.42. The zero-order valence-electron chi connectivity index (χ0n) is 16.0. The minimum Gasteiger partial charge on any atom is -0.377 e. The summed E-state index contributed by atoms with van der Waals surface area (Å²) in [5.41, 5.74) is 0. The van der Waals surface area contributed by atoms with Gasteiger partial charge in [-0.2, -0.15) is 0 Å². The molecule has 4 fully saturated rings. The van der Waals surface area contributed by atoms with Crippen molar-refractivity contribution in [3.05, 3.63) is 0 Å². The van der Waals surface area contributed by atoms with E-state index >= 15 is 0 Å². The van der Waals surface area contributed by atoms with Crippen molar-refractivity contribution in [2.45, 2.75) is 87.5 Å². The van der Waals surface area contributed by atoms with Crippen LogP contribution in [0.25, 0.3) is 0 Å². The molecule has 0 spiro atoms. The molecule has 3 heterocycles. The Hall–Kier alpha value is -0.210. The molecule has 6 nitrogen and oxygen atoms in total. The van der Waals surface area contributed by atoms with Crippen LogP contribution in [-0.2, 0) is 14.6 Å². The van der Waals surface area contributed by atoms with Crippen molar-refractivity contribution in [1.29, 1.82) is 0 Å². The second-order valence-electron chi connectivity index (χ2n) is 8.83. The number of piperidine rings is 1. The molecular formula is C19H35N3O3S. The molecule has 0 aromatic heterocycles. The van der Waals surface area contributed by atoms with Crippen molar-refractivity contribution < 1.29 is 13.2 Å². The predicted molar refractivity (Wildman–Crippen MR) is 103 cm³/mol. The maximum Gasteiger partial charge on any atom is 0.150 e. The molecule has 4 rings (SSSR count). The third-order valence-electron chi connectivity index (χ3n) is 7.09. The summed E-state index contributed by atoms with van der Waals surface area (Å²) in [4.78, 5) is 2.66. The first-order chi connectivity index (χ1) is 12.5. The summed E-state index contributed by atoms with van der Waals surface area (Å²) < 4.78 is 29.4. The van der Waals surface area contributed by atoms with Crippen LogP contribution in [0.15, 0.2) is 0 Å². The van der Waals surface area contributed by atoms with Crippen LogP contribution in [0.1, 0.15) is 57.8 Å². The van der Waals surface area contributed by atoms with E-state index in [0.29, 0.717) is 24.5 Å². The van der Waals surface area contributed by atoms with E-state index in [1.807, 2.05) is 0 Å². The van der Waals surface area contributed by atoms with Gasteiger partial charge in [0, 0.05) is 32.0 Å². The Kier molecular flexibility index (Phi) is 5.91. The molecule has 4 atom stereocenters. The van der Waals surface area contributed by atoms with Crippen molar-refractivity contribution in [3.8, 4) is 0 Å². The number of nitrogens with one attached hydrogen (secondary N) is 2. The van der Waals surface area contributed by atoms with Crippen LogP contribution in [0.5, 0.6) is 0 Å². The number of nitrogens with zero attached hydrogens (tertiary/aromatic N) is 1. The summed E-state index contributed by atoms with van der Waals surface area (Å²) in [6.45, 7) is 3.03. The van der Waals surface area contributed by atoms with E-state index in [1.165, 1.54) is 38.4 Å². The molecule has 3 saturated heterocycles. The highest BCUT2D eigenvalue weighted by Crippen LogP contribution is 2.36. The predicted octanol–water partition coefficient (Wildman–Crippen LogP) is 1.47. The highest BCUT2D eigenvalue weighted by atomic mass is 32.2. The number of hydrogen-bond acceptors (Lipinski definition) is 6. The lowest BCUT2D eigenvalue weighted by atomic mass is 9.91. The number of likely N-dealkylation sites (tertiary alicyclic amines) is 1. The molecule has 150 valence electrons. The van der Waals surface area contributed by atoms with Gasteiger partial charge in [-0.3, -0.25) is 15.5 Å². The molecule has 26 heavy (non-hydrogen) atoms. The molecule has 0 radical (unpaired) electrons. The van der Waals surface area contributed by atoms with Gasteiger partial charge in [0.15, 0.2) is 0 Å². The quantitative estimate of drug-likeness (QED) is 0.747. The minimum absolute atomic E-state index is 0.114. The van der Waals surface area contributed by atoms with Gasteiger partial charge in [0.2, 0.25) is 0 Å². The van der Waals surface area contributed by atoms with E-state index < -0.39 is 9.84 Å². The summed E-state index contributed by atoms with van der Waals surface area (Å²) in [5.74, 6) is 0.753. The summed E-state index contributed by atoms with van der Waals surface area (Å²) in [7, 11) is -2.88. The Bertz CT molecular complexity index is 571. The first-order valence-electron chi connectivity index (χ1n) is 10.6. The van der Waals surface area contributed by atoms with E-state index in [0.717, 1.165) is 51.3 Å². The van der Waals surface area contributed by atoms with Crippen LogP contribution >= 0.6 is 0 Å². The minimum atomic E-state index is -2.88. The lowest BCUT2D eigenvalue weighted by molar-refractivity contribution is 0.0621. The van der Waals surface area contributed by atoms with Crippen molar-refractivity contribution in [2.24, 2.45) is 5.92 Å². The zero-order valence-corrected chi connectivity index (χ0v) is 16.8. The molecule has 4 unspecified atom stereocenters. The summed E-state index contributed by atoms with van der Waals surface area (Å²) in [5, 5.41) is 7.44. The van der Waals surface area contributed by atoms with Gasteiger partial charge in [-0.1, -0.05) is 0 Å². The fraction of sp³-hybridized carbons (Fsp3) is 1.00. The highest BCUT2D eigenvalue weighted by molar-refractivity contribution is 7.91. The van der Waals surface area contributed by atoms with Crippen molar-refractivity contribution in [3.63, 3.8) is 0 Å². The Labute approximate surface area is 158 Å². The molecule has 0 amide bonds. The fourth-order valence-electron chi connectivity index (χ4n) is 5.54. The first kappa shape index (κ1) is 19.1. The van der Waals surface area contributed by atoms with Crippen LogP contribution in [-0.4, -0.2) is 69.0 Å². The normalized spacial score (nSPS) is 42.0. The van der Waals surface area contributed by atoms with Crippen molar-refractivity contribution >= 4 is 9.84 Å². The number of hydrogen-bond donors (Lipinski definition) is 2. The SMILES string of the molecule is CS(=O)(=O)C1CCC(N2CCC3CCC(NCC4CCCO4)NC32)CC1.